The number of allylic oxidation sites excluding steroid dienone is 1. The number of nitrogens with one attached hydrogen (secondary N) is 1. The lowest BCUT2D eigenvalue weighted by molar-refractivity contribution is -0.135. The van der Waals surface area contributed by atoms with E-state index in [9.17, 15) is 4.79 Å². The molecule has 13 heavy (non-hydrogen) atoms. The van der Waals surface area contributed by atoms with Crippen molar-refractivity contribution in [3.05, 3.63) is 12.7 Å². The Morgan fingerprint density at radius 1 is 1.69 bits per heavy atom. The predicted molar refractivity (Wildman–Crippen MR) is 51.6 cm³/mol. The topological polar surface area (TPSA) is 87.7 Å². The van der Waals surface area contributed by atoms with Crippen LogP contribution in [0.1, 0.15) is 12.8 Å². The molecular weight excluding hydrogens is 170 g/mol. The van der Waals surface area contributed by atoms with E-state index in [0.29, 0.717) is 6.54 Å². The maximum absolute atomic E-state index is 10.1. The summed E-state index contributed by atoms with van der Waals surface area (Å²) in [5.74, 6) is -0.817. The monoisotopic (exact) mass is 185 g/mol. The molecule has 5 nitrogen and oxygen atoms in total. The van der Waals surface area contributed by atoms with Gasteiger partial charge in [0.05, 0.1) is 0 Å². The zero-order valence-corrected chi connectivity index (χ0v) is 7.49. The molecule has 0 aliphatic carbocycles. The number of hydrogen-bond donors (Lipinski definition) is 3. The van der Waals surface area contributed by atoms with Crippen LogP contribution in [0.15, 0.2) is 17.6 Å². The van der Waals surface area contributed by atoms with Gasteiger partial charge in [-0.2, -0.15) is 0 Å². The lowest BCUT2D eigenvalue weighted by Crippen LogP contribution is -2.33. The van der Waals surface area contributed by atoms with Crippen LogP contribution in [0.25, 0.3) is 0 Å². The number of carboxylic acids is 1. The summed E-state index contributed by atoms with van der Waals surface area (Å²) in [6.45, 7) is 3.96. The minimum absolute atomic E-state index is 0.173. The standard InChI is InChI=1S/C8H15N3O2/c1-2-3-4-5-10-8(9)11-6-7(12)13/h2H,1,3-6H2,(H,12,13)(H3,9,10,11). The average Bonchev–Trinajstić information content (AvgIpc) is 2.09. The number of aliphatic imine (C=N–C) groups is 1. The Bertz CT molecular complexity index is 202. The third kappa shape index (κ3) is 8.39. The summed E-state index contributed by atoms with van der Waals surface area (Å²) in [5, 5.41) is 11.1. The SMILES string of the molecule is C=CCCCNC(N)=NCC(=O)O. The van der Waals surface area contributed by atoms with Crippen LogP contribution < -0.4 is 11.1 Å². The van der Waals surface area contributed by atoms with Crippen molar-refractivity contribution in [1.82, 2.24) is 5.32 Å². The second-order valence-electron chi connectivity index (χ2n) is 2.45. The summed E-state index contributed by atoms with van der Waals surface area (Å²) in [4.78, 5) is 13.7. The Morgan fingerprint density at radius 2 is 2.38 bits per heavy atom. The fraction of sp³-hybridized carbons (Fsp3) is 0.500. The van der Waals surface area contributed by atoms with Crippen molar-refractivity contribution in [3.63, 3.8) is 0 Å². The fourth-order valence-electron chi connectivity index (χ4n) is 0.672. The molecule has 74 valence electrons. The van der Waals surface area contributed by atoms with E-state index in [1.807, 2.05) is 6.08 Å². The van der Waals surface area contributed by atoms with Crippen LogP contribution in [0.2, 0.25) is 0 Å². The van der Waals surface area contributed by atoms with Crippen LogP contribution in [-0.4, -0.2) is 30.1 Å². The van der Waals surface area contributed by atoms with Gasteiger partial charge in [-0.25, -0.2) is 4.99 Å². The summed E-state index contributed by atoms with van der Waals surface area (Å²) in [6, 6.07) is 0. The van der Waals surface area contributed by atoms with Crippen LogP contribution >= 0.6 is 0 Å². The highest BCUT2D eigenvalue weighted by Crippen LogP contribution is 1.85. The van der Waals surface area contributed by atoms with E-state index in [2.05, 4.69) is 16.9 Å². The third-order valence-electron chi connectivity index (χ3n) is 1.28. The number of unbranched alkanes of at least 4 members (excludes halogenated alkanes) is 1. The van der Waals surface area contributed by atoms with Crippen molar-refractivity contribution in [2.24, 2.45) is 10.7 Å². The molecule has 0 bridgehead atoms. The smallest absolute Gasteiger partial charge is 0.325 e. The highest BCUT2D eigenvalue weighted by molar-refractivity contribution is 5.80. The molecule has 0 saturated carbocycles. The Labute approximate surface area is 77.3 Å². The van der Waals surface area contributed by atoms with Gasteiger partial charge in [-0.1, -0.05) is 6.08 Å². The molecule has 0 aliphatic heterocycles. The molecule has 0 radical (unpaired) electrons. The van der Waals surface area contributed by atoms with E-state index < -0.39 is 5.97 Å². The number of nitrogens with two attached hydrogens (primary N) is 1. The van der Waals surface area contributed by atoms with Gasteiger partial charge in [0.15, 0.2) is 5.96 Å². The number of hydrogen-bond acceptors (Lipinski definition) is 2. The normalized spacial score (nSPS) is 10.9. The van der Waals surface area contributed by atoms with E-state index >= 15 is 0 Å². The van der Waals surface area contributed by atoms with Gasteiger partial charge < -0.3 is 16.2 Å². The number of guanidine groups is 1. The van der Waals surface area contributed by atoms with Gasteiger partial charge >= 0.3 is 5.97 Å². The molecule has 0 aromatic rings. The zero-order chi connectivity index (χ0) is 10.1. The molecule has 0 atom stereocenters. The molecule has 0 spiro atoms. The molecule has 0 aliphatic rings. The summed E-state index contributed by atoms with van der Waals surface area (Å²) in [7, 11) is 0. The first kappa shape index (κ1) is 11.5. The first-order chi connectivity index (χ1) is 6.16. The first-order valence-corrected chi connectivity index (χ1v) is 4.03. The van der Waals surface area contributed by atoms with Gasteiger partial charge in [-0.15, -0.1) is 6.58 Å². The summed E-state index contributed by atoms with van der Waals surface area (Å²) in [5.41, 5.74) is 5.35. The van der Waals surface area contributed by atoms with E-state index in [4.69, 9.17) is 10.8 Å². The molecule has 0 aromatic heterocycles. The van der Waals surface area contributed by atoms with Gasteiger partial charge in [0.25, 0.3) is 0 Å². The lowest BCUT2D eigenvalue weighted by Gasteiger charge is -2.02. The highest BCUT2D eigenvalue weighted by Gasteiger charge is 1.94. The predicted octanol–water partition coefficient (Wildman–Crippen LogP) is -0.0585. The summed E-state index contributed by atoms with van der Waals surface area (Å²) >= 11 is 0. The van der Waals surface area contributed by atoms with Crippen molar-refractivity contribution in [1.29, 1.82) is 0 Å². The van der Waals surface area contributed by atoms with Crippen molar-refractivity contribution in [2.75, 3.05) is 13.1 Å². The Hall–Kier alpha value is -1.52. The maximum atomic E-state index is 10.1. The number of aliphatic carboxylic acids is 1. The zero-order valence-electron chi connectivity index (χ0n) is 7.49. The average molecular weight is 185 g/mol. The molecule has 0 saturated heterocycles. The second-order valence-corrected chi connectivity index (χ2v) is 2.45. The van der Waals surface area contributed by atoms with Gasteiger partial charge in [-0.05, 0) is 12.8 Å². The molecule has 0 fully saturated rings. The number of carboxylic acid groups (broad SMARTS) is 1. The van der Waals surface area contributed by atoms with Gasteiger partial charge in [0.2, 0.25) is 0 Å². The largest absolute Gasteiger partial charge is 0.480 e. The van der Waals surface area contributed by atoms with E-state index in [-0.39, 0.29) is 12.5 Å². The molecule has 0 unspecified atom stereocenters. The summed E-state index contributed by atoms with van der Waals surface area (Å²) < 4.78 is 0. The van der Waals surface area contributed by atoms with Crippen molar-refractivity contribution < 1.29 is 9.90 Å². The Kier molecular flexibility index (Phi) is 6.31. The second kappa shape index (κ2) is 7.15. The molecule has 5 heteroatoms. The quantitative estimate of drug-likeness (QED) is 0.234. The van der Waals surface area contributed by atoms with Gasteiger partial charge in [-0.3, -0.25) is 4.79 Å². The summed E-state index contributed by atoms with van der Waals surface area (Å²) in [6.07, 6.45) is 3.62. The van der Waals surface area contributed by atoms with E-state index in [1.54, 1.807) is 0 Å². The third-order valence-corrected chi connectivity index (χ3v) is 1.28. The molecule has 0 heterocycles. The van der Waals surface area contributed by atoms with Crippen LogP contribution in [0.4, 0.5) is 0 Å². The van der Waals surface area contributed by atoms with Crippen LogP contribution in [-0.2, 0) is 4.79 Å². The van der Waals surface area contributed by atoms with Crippen LogP contribution in [0.3, 0.4) is 0 Å². The molecule has 0 amide bonds. The van der Waals surface area contributed by atoms with Gasteiger partial charge in [0, 0.05) is 6.54 Å². The molecule has 0 rings (SSSR count). The highest BCUT2D eigenvalue weighted by atomic mass is 16.4. The number of carbonyl (C=O) groups is 1. The number of nitrogens with zero attached hydrogens (tertiary/aromatic N) is 1. The van der Waals surface area contributed by atoms with E-state index in [0.717, 1.165) is 12.8 Å². The maximum Gasteiger partial charge on any atom is 0.325 e. The molecular formula is C8H15N3O2. The van der Waals surface area contributed by atoms with E-state index in [1.165, 1.54) is 0 Å². The Balaban J connectivity index is 3.48. The van der Waals surface area contributed by atoms with Crippen LogP contribution in [0.5, 0.6) is 0 Å². The fourth-order valence-corrected chi connectivity index (χ4v) is 0.672. The number of rotatable bonds is 6. The first-order valence-electron chi connectivity index (χ1n) is 4.03. The minimum atomic E-state index is -0.990. The van der Waals surface area contributed by atoms with Crippen molar-refractivity contribution in [3.8, 4) is 0 Å². The van der Waals surface area contributed by atoms with Crippen molar-refractivity contribution in [2.45, 2.75) is 12.8 Å². The molecule has 4 N–H and O–H groups in total. The van der Waals surface area contributed by atoms with Crippen LogP contribution in [0, 0.1) is 0 Å². The van der Waals surface area contributed by atoms with Gasteiger partial charge in [0.1, 0.15) is 6.54 Å². The molecule has 0 aromatic carbocycles. The minimum Gasteiger partial charge on any atom is -0.480 e. The Morgan fingerprint density at radius 3 is 2.92 bits per heavy atom. The lowest BCUT2D eigenvalue weighted by atomic mass is 10.3. The van der Waals surface area contributed by atoms with Crippen molar-refractivity contribution >= 4 is 11.9 Å².